The first kappa shape index (κ1) is 21.4. The fourth-order valence-corrected chi connectivity index (χ4v) is 4.49. The van der Waals surface area contributed by atoms with Crippen LogP contribution in [0.4, 0.5) is 0 Å². The molecule has 148 valence electrons. The van der Waals surface area contributed by atoms with Crippen LogP contribution in [-0.4, -0.2) is 37.2 Å². The van der Waals surface area contributed by atoms with Crippen LogP contribution in [0.5, 0.6) is 0 Å². The molecule has 2 N–H and O–H groups in total. The number of aryl methyl sites for hydroxylation is 1. The van der Waals surface area contributed by atoms with E-state index in [2.05, 4.69) is 15.1 Å². The van der Waals surface area contributed by atoms with E-state index in [0.29, 0.717) is 22.0 Å². The molecule has 9 heteroatoms. The van der Waals surface area contributed by atoms with E-state index in [1.54, 1.807) is 42.8 Å². The summed E-state index contributed by atoms with van der Waals surface area (Å²) in [7, 11) is -3.74. The van der Waals surface area contributed by atoms with E-state index in [0.717, 1.165) is 0 Å². The van der Waals surface area contributed by atoms with E-state index in [4.69, 9.17) is 11.6 Å². The average molecular weight is 413 g/mol. The maximum absolute atomic E-state index is 12.7. The van der Waals surface area contributed by atoms with Crippen molar-refractivity contribution in [2.24, 2.45) is 0 Å². The van der Waals surface area contributed by atoms with E-state index in [1.807, 2.05) is 20.8 Å². The van der Waals surface area contributed by atoms with Crippen molar-refractivity contribution in [1.29, 1.82) is 0 Å². The van der Waals surface area contributed by atoms with Gasteiger partial charge in [0.25, 0.3) is 5.91 Å². The Labute approximate surface area is 165 Å². The van der Waals surface area contributed by atoms with Gasteiger partial charge < -0.3 is 5.32 Å². The van der Waals surface area contributed by atoms with Crippen LogP contribution in [0.2, 0.25) is 5.02 Å². The first-order valence-electron chi connectivity index (χ1n) is 8.54. The van der Waals surface area contributed by atoms with Crippen LogP contribution >= 0.6 is 11.6 Å². The number of hydrogen-bond acceptors (Lipinski definition) is 4. The highest BCUT2D eigenvalue weighted by atomic mass is 35.5. The lowest BCUT2D eigenvalue weighted by Crippen LogP contribution is -2.35. The van der Waals surface area contributed by atoms with Crippen LogP contribution < -0.4 is 10.0 Å². The minimum atomic E-state index is -3.74. The third kappa shape index (κ3) is 4.88. The molecule has 2 rings (SSSR count). The number of aromatic nitrogens is 2. The Hall–Kier alpha value is -1.90. The molecule has 0 unspecified atom stereocenters. The molecule has 1 aromatic carbocycles. The number of sulfonamides is 1. The summed E-state index contributed by atoms with van der Waals surface area (Å²) in [4.78, 5) is 12.3. The number of carbonyl (C=O) groups excluding carboxylic acids is 1. The molecule has 1 aromatic heterocycles. The zero-order chi connectivity index (χ0) is 20.4. The Balaban J connectivity index is 2.03. The van der Waals surface area contributed by atoms with Gasteiger partial charge in [0.1, 0.15) is 4.90 Å². The number of nitrogens with one attached hydrogen (secondary N) is 2. The normalized spacial score (nSPS) is 12.2. The third-order valence-corrected chi connectivity index (χ3v) is 5.99. The molecular weight excluding hydrogens is 388 g/mol. The molecule has 0 saturated heterocycles. The molecule has 27 heavy (non-hydrogen) atoms. The molecule has 0 aliphatic carbocycles. The lowest BCUT2D eigenvalue weighted by Gasteiger charge is -2.21. The fraction of sp³-hybridized carbons (Fsp3) is 0.444. The van der Waals surface area contributed by atoms with Gasteiger partial charge in [-0.05, 0) is 46.8 Å². The summed E-state index contributed by atoms with van der Waals surface area (Å²) in [6.45, 7) is 9.47. The fourth-order valence-electron chi connectivity index (χ4n) is 2.84. The van der Waals surface area contributed by atoms with E-state index < -0.39 is 10.0 Å². The van der Waals surface area contributed by atoms with Gasteiger partial charge in [0.05, 0.1) is 27.5 Å². The quantitative estimate of drug-likeness (QED) is 0.713. The molecule has 0 fully saturated rings. The summed E-state index contributed by atoms with van der Waals surface area (Å²) in [5, 5.41) is 7.36. The molecule has 0 spiro atoms. The van der Waals surface area contributed by atoms with Gasteiger partial charge in [0.15, 0.2) is 0 Å². The van der Waals surface area contributed by atoms with Crippen molar-refractivity contribution in [3.63, 3.8) is 0 Å². The van der Waals surface area contributed by atoms with E-state index in [1.165, 1.54) is 0 Å². The lowest BCUT2D eigenvalue weighted by atomic mass is 10.1. The minimum absolute atomic E-state index is 0.0537. The Morgan fingerprint density at radius 3 is 2.37 bits per heavy atom. The zero-order valence-electron chi connectivity index (χ0n) is 16.1. The number of amides is 1. The number of nitrogens with zero attached hydrogens (tertiary/aromatic N) is 2. The number of hydrogen-bond donors (Lipinski definition) is 2. The van der Waals surface area contributed by atoms with Crippen LogP contribution in [0.1, 0.15) is 42.5 Å². The monoisotopic (exact) mass is 412 g/mol. The van der Waals surface area contributed by atoms with Gasteiger partial charge in [0, 0.05) is 13.1 Å². The third-order valence-electron chi connectivity index (χ3n) is 3.95. The van der Waals surface area contributed by atoms with E-state index in [9.17, 15) is 13.2 Å². The second-order valence-corrected chi connectivity index (χ2v) is 9.33. The van der Waals surface area contributed by atoms with Gasteiger partial charge >= 0.3 is 0 Å². The predicted molar refractivity (Wildman–Crippen MR) is 106 cm³/mol. The summed E-state index contributed by atoms with van der Waals surface area (Å²) >= 11 is 5.98. The Morgan fingerprint density at radius 2 is 1.81 bits per heavy atom. The predicted octanol–water partition coefficient (Wildman–Crippen LogP) is 2.62. The molecule has 0 radical (unpaired) electrons. The van der Waals surface area contributed by atoms with Gasteiger partial charge in [-0.3, -0.25) is 9.48 Å². The summed E-state index contributed by atoms with van der Waals surface area (Å²) in [5.74, 6) is -0.354. The number of rotatable bonds is 6. The van der Waals surface area contributed by atoms with Crippen molar-refractivity contribution in [1.82, 2.24) is 19.8 Å². The van der Waals surface area contributed by atoms with Gasteiger partial charge in [0.2, 0.25) is 10.0 Å². The largest absolute Gasteiger partial charge is 0.351 e. The van der Waals surface area contributed by atoms with E-state index in [-0.39, 0.29) is 29.4 Å². The highest BCUT2D eigenvalue weighted by molar-refractivity contribution is 7.89. The first-order chi connectivity index (χ1) is 12.4. The molecule has 1 heterocycles. The highest BCUT2D eigenvalue weighted by Gasteiger charge is 2.28. The molecule has 0 aliphatic heterocycles. The standard InChI is InChI=1S/C18H25ClN4O3S/c1-12-16(13(2)23(22-12)18(3,4)5)27(25,26)21-11-10-20-17(24)14-8-6-7-9-15(14)19/h6-9,21H,10-11H2,1-5H3,(H,20,24). The van der Waals surface area contributed by atoms with E-state index >= 15 is 0 Å². The SMILES string of the molecule is Cc1nn(C(C)(C)C)c(C)c1S(=O)(=O)NCCNC(=O)c1ccccc1Cl. The average Bonchev–Trinajstić information content (AvgIpc) is 2.87. The van der Waals surface area contributed by atoms with Crippen LogP contribution in [0, 0.1) is 13.8 Å². The van der Waals surface area contributed by atoms with Gasteiger partial charge in [-0.25, -0.2) is 13.1 Å². The number of halogens is 1. The number of benzene rings is 1. The highest BCUT2D eigenvalue weighted by Crippen LogP contribution is 2.24. The van der Waals surface area contributed by atoms with Crippen LogP contribution in [0.15, 0.2) is 29.2 Å². The Bertz CT molecular complexity index is 946. The first-order valence-corrected chi connectivity index (χ1v) is 10.4. The van der Waals surface area contributed by atoms with Crippen LogP contribution in [-0.2, 0) is 15.6 Å². The summed E-state index contributed by atoms with van der Waals surface area (Å²) in [6, 6.07) is 6.67. The molecule has 0 aliphatic rings. The molecular formula is C18H25ClN4O3S. The zero-order valence-corrected chi connectivity index (χ0v) is 17.7. The maximum Gasteiger partial charge on any atom is 0.252 e. The second kappa shape index (κ2) is 8.00. The molecule has 7 nitrogen and oxygen atoms in total. The molecule has 0 bridgehead atoms. The molecule has 0 saturated carbocycles. The lowest BCUT2D eigenvalue weighted by molar-refractivity contribution is 0.0954. The van der Waals surface area contributed by atoms with Crippen molar-refractivity contribution in [3.8, 4) is 0 Å². The van der Waals surface area contributed by atoms with Gasteiger partial charge in [-0.1, -0.05) is 23.7 Å². The number of carbonyl (C=O) groups is 1. The maximum atomic E-state index is 12.7. The molecule has 1 amide bonds. The van der Waals surface area contributed by atoms with Gasteiger partial charge in [-0.2, -0.15) is 5.10 Å². The minimum Gasteiger partial charge on any atom is -0.351 e. The van der Waals surface area contributed by atoms with Crippen LogP contribution in [0.25, 0.3) is 0 Å². The Morgan fingerprint density at radius 1 is 1.19 bits per heavy atom. The van der Waals surface area contributed by atoms with Crippen molar-refractivity contribution < 1.29 is 13.2 Å². The topological polar surface area (TPSA) is 93.1 Å². The smallest absolute Gasteiger partial charge is 0.252 e. The summed E-state index contributed by atoms with van der Waals surface area (Å²) in [5.41, 5.74) is 1.04. The van der Waals surface area contributed by atoms with Crippen molar-refractivity contribution in [2.45, 2.75) is 45.1 Å². The molecule has 0 atom stereocenters. The van der Waals surface area contributed by atoms with Crippen LogP contribution in [0.3, 0.4) is 0 Å². The van der Waals surface area contributed by atoms with Gasteiger partial charge in [-0.15, -0.1) is 0 Å². The Kier molecular flexibility index (Phi) is 6.34. The summed E-state index contributed by atoms with van der Waals surface area (Å²) in [6.07, 6.45) is 0. The van der Waals surface area contributed by atoms with Crippen molar-refractivity contribution in [3.05, 3.63) is 46.2 Å². The van der Waals surface area contributed by atoms with Crippen molar-refractivity contribution in [2.75, 3.05) is 13.1 Å². The summed E-state index contributed by atoms with van der Waals surface area (Å²) < 4.78 is 29.6. The van der Waals surface area contributed by atoms with Crippen molar-refractivity contribution >= 4 is 27.5 Å². The molecule has 2 aromatic rings. The second-order valence-electron chi connectivity index (χ2n) is 7.22.